The SMILES string of the molecule is CN(CCOc1ccccc1)S(=O)(=O)c1sccc1Br. The Kier molecular flexibility index (Phi) is 5.20. The Morgan fingerprint density at radius 1 is 1.25 bits per heavy atom. The van der Waals surface area contributed by atoms with Gasteiger partial charge in [0, 0.05) is 18.1 Å². The maximum Gasteiger partial charge on any atom is 0.253 e. The molecular formula is C13H14BrNO3S2. The summed E-state index contributed by atoms with van der Waals surface area (Å²) in [7, 11) is -1.90. The number of likely N-dealkylation sites (N-methyl/N-ethyl adjacent to an activating group) is 1. The second-order valence-electron chi connectivity index (χ2n) is 4.04. The van der Waals surface area contributed by atoms with Crippen molar-refractivity contribution in [1.82, 2.24) is 4.31 Å². The number of thiophene rings is 1. The van der Waals surface area contributed by atoms with Gasteiger partial charge in [0.2, 0.25) is 0 Å². The Morgan fingerprint density at radius 2 is 1.95 bits per heavy atom. The Balaban J connectivity index is 1.95. The quantitative estimate of drug-likeness (QED) is 0.778. The lowest BCUT2D eigenvalue weighted by Gasteiger charge is -2.16. The predicted molar refractivity (Wildman–Crippen MR) is 83.8 cm³/mol. The molecule has 1 aromatic heterocycles. The van der Waals surface area contributed by atoms with Crippen molar-refractivity contribution < 1.29 is 13.2 Å². The summed E-state index contributed by atoms with van der Waals surface area (Å²) in [6.07, 6.45) is 0. The van der Waals surface area contributed by atoms with Crippen LogP contribution in [0.2, 0.25) is 0 Å². The summed E-state index contributed by atoms with van der Waals surface area (Å²) >= 11 is 4.45. The average Bonchev–Trinajstić information content (AvgIpc) is 2.87. The Labute approximate surface area is 131 Å². The second-order valence-corrected chi connectivity index (χ2v) is 8.05. The molecule has 7 heteroatoms. The van der Waals surface area contributed by atoms with Crippen LogP contribution in [0.1, 0.15) is 0 Å². The highest BCUT2D eigenvalue weighted by Gasteiger charge is 2.24. The molecule has 1 aromatic carbocycles. The van der Waals surface area contributed by atoms with Gasteiger partial charge in [-0.2, -0.15) is 4.31 Å². The molecule has 0 unspecified atom stereocenters. The highest BCUT2D eigenvalue weighted by Crippen LogP contribution is 2.29. The van der Waals surface area contributed by atoms with Crippen LogP contribution in [0.4, 0.5) is 0 Å². The van der Waals surface area contributed by atoms with Crippen molar-refractivity contribution in [2.75, 3.05) is 20.2 Å². The van der Waals surface area contributed by atoms with Crippen molar-refractivity contribution in [3.05, 3.63) is 46.3 Å². The van der Waals surface area contributed by atoms with E-state index in [4.69, 9.17) is 4.74 Å². The Bertz CT molecular complexity index is 655. The fourth-order valence-electron chi connectivity index (χ4n) is 1.53. The molecule has 2 rings (SSSR count). The number of sulfonamides is 1. The van der Waals surface area contributed by atoms with Crippen LogP contribution in [-0.2, 0) is 10.0 Å². The third-order valence-electron chi connectivity index (χ3n) is 2.65. The Morgan fingerprint density at radius 3 is 2.55 bits per heavy atom. The molecule has 1 heterocycles. The summed E-state index contributed by atoms with van der Waals surface area (Å²) in [5.74, 6) is 0.732. The molecule has 0 radical (unpaired) electrons. The zero-order valence-corrected chi connectivity index (χ0v) is 14.0. The second kappa shape index (κ2) is 6.71. The van der Waals surface area contributed by atoms with E-state index in [1.54, 1.807) is 18.5 Å². The monoisotopic (exact) mass is 375 g/mol. The number of hydrogen-bond acceptors (Lipinski definition) is 4. The van der Waals surface area contributed by atoms with Gasteiger partial charge in [-0.25, -0.2) is 8.42 Å². The average molecular weight is 376 g/mol. The van der Waals surface area contributed by atoms with Crippen molar-refractivity contribution in [1.29, 1.82) is 0 Å². The molecular weight excluding hydrogens is 362 g/mol. The minimum absolute atomic E-state index is 0.293. The van der Waals surface area contributed by atoms with Crippen molar-refractivity contribution in [2.24, 2.45) is 0 Å². The molecule has 0 aliphatic heterocycles. The predicted octanol–water partition coefficient (Wildman–Crippen LogP) is 3.21. The number of nitrogens with zero attached hydrogens (tertiary/aromatic N) is 1. The summed E-state index contributed by atoms with van der Waals surface area (Å²) in [6.45, 7) is 0.601. The van der Waals surface area contributed by atoms with Crippen molar-refractivity contribution in [3.8, 4) is 5.75 Å². The highest BCUT2D eigenvalue weighted by molar-refractivity contribution is 9.10. The van der Waals surface area contributed by atoms with E-state index in [-0.39, 0.29) is 0 Å². The van der Waals surface area contributed by atoms with Crippen LogP contribution in [0.25, 0.3) is 0 Å². The van der Waals surface area contributed by atoms with E-state index in [2.05, 4.69) is 15.9 Å². The first-order valence-electron chi connectivity index (χ1n) is 5.89. The zero-order chi connectivity index (χ0) is 14.6. The van der Waals surface area contributed by atoms with Gasteiger partial charge in [-0.05, 0) is 39.5 Å². The van der Waals surface area contributed by atoms with Crippen LogP contribution in [0, 0.1) is 0 Å². The largest absolute Gasteiger partial charge is 0.492 e. The van der Waals surface area contributed by atoms with Crippen molar-refractivity contribution in [2.45, 2.75) is 4.21 Å². The third-order valence-corrected chi connectivity index (χ3v) is 7.15. The lowest BCUT2D eigenvalue weighted by Crippen LogP contribution is -2.30. The smallest absolute Gasteiger partial charge is 0.253 e. The third kappa shape index (κ3) is 3.60. The number of rotatable bonds is 6. The van der Waals surface area contributed by atoms with Crippen LogP contribution in [0.15, 0.2) is 50.5 Å². The summed E-state index contributed by atoms with van der Waals surface area (Å²) in [5, 5.41) is 1.74. The molecule has 0 bridgehead atoms. The van der Waals surface area contributed by atoms with E-state index >= 15 is 0 Å². The number of para-hydroxylation sites is 1. The summed E-state index contributed by atoms with van der Waals surface area (Å²) in [6, 6.07) is 11.1. The number of halogens is 1. The van der Waals surface area contributed by atoms with Gasteiger partial charge >= 0.3 is 0 Å². The topological polar surface area (TPSA) is 46.6 Å². The van der Waals surface area contributed by atoms with Gasteiger partial charge in [0.15, 0.2) is 0 Å². The van der Waals surface area contributed by atoms with E-state index in [0.717, 1.165) is 5.75 Å². The standard InChI is InChI=1S/C13H14BrNO3S2/c1-15(8-9-18-11-5-3-2-4-6-11)20(16,17)13-12(14)7-10-19-13/h2-7,10H,8-9H2,1H3. The van der Waals surface area contributed by atoms with E-state index in [1.165, 1.54) is 15.6 Å². The fourth-order valence-corrected chi connectivity index (χ4v) is 5.19. The van der Waals surface area contributed by atoms with Gasteiger partial charge in [-0.15, -0.1) is 11.3 Å². The van der Waals surface area contributed by atoms with Gasteiger partial charge in [0.25, 0.3) is 10.0 Å². The van der Waals surface area contributed by atoms with Gasteiger partial charge < -0.3 is 4.74 Å². The molecule has 108 valence electrons. The molecule has 0 fully saturated rings. The summed E-state index contributed by atoms with van der Waals surface area (Å²) in [5.41, 5.74) is 0. The number of ether oxygens (including phenoxy) is 1. The molecule has 0 atom stereocenters. The van der Waals surface area contributed by atoms with Crippen molar-refractivity contribution in [3.63, 3.8) is 0 Å². The molecule has 20 heavy (non-hydrogen) atoms. The summed E-state index contributed by atoms with van der Waals surface area (Å²) in [4.78, 5) is 0. The van der Waals surface area contributed by atoms with Gasteiger partial charge in [-0.1, -0.05) is 18.2 Å². The lowest BCUT2D eigenvalue weighted by molar-refractivity contribution is 0.287. The van der Waals surface area contributed by atoms with Crippen LogP contribution in [0.3, 0.4) is 0 Å². The molecule has 0 spiro atoms. The zero-order valence-electron chi connectivity index (χ0n) is 10.8. The molecule has 0 aliphatic carbocycles. The van der Waals surface area contributed by atoms with Crippen molar-refractivity contribution >= 4 is 37.3 Å². The number of hydrogen-bond donors (Lipinski definition) is 0. The van der Waals surface area contributed by atoms with E-state index in [0.29, 0.717) is 21.8 Å². The lowest BCUT2D eigenvalue weighted by atomic mass is 10.3. The van der Waals surface area contributed by atoms with Crippen LogP contribution in [0.5, 0.6) is 5.75 Å². The first-order chi connectivity index (χ1) is 9.51. The molecule has 0 amide bonds. The van der Waals surface area contributed by atoms with Gasteiger partial charge in [-0.3, -0.25) is 0 Å². The number of benzene rings is 1. The molecule has 0 saturated heterocycles. The van der Waals surface area contributed by atoms with E-state index < -0.39 is 10.0 Å². The minimum atomic E-state index is -3.46. The van der Waals surface area contributed by atoms with Crippen LogP contribution >= 0.6 is 27.3 Å². The van der Waals surface area contributed by atoms with Crippen LogP contribution in [-0.4, -0.2) is 32.9 Å². The molecule has 0 N–H and O–H groups in total. The summed E-state index contributed by atoms with van der Waals surface area (Å²) < 4.78 is 32.3. The first-order valence-corrected chi connectivity index (χ1v) is 9.00. The molecule has 0 saturated carbocycles. The fraction of sp³-hybridized carbons (Fsp3) is 0.231. The maximum atomic E-state index is 12.3. The first kappa shape index (κ1) is 15.5. The van der Waals surface area contributed by atoms with E-state index in [9.17, 15) is 8.42 Å². The van der Waals surface area contributed by atoms with Gasteiger partial charge in [0.1, 0.15) is 16.6 Å². The van der Waals surface area contributed by atoms with Gasteiger partial charge in [0.05, 0.1) is 0 Å². The molecule has 4 nitrogen and oxygen atoms in total. The highest BCUT2D eigenvalue weighted by atomic mass is 79.9. The minimum Gasteiger partial charge on any atom is -0.492 e. The maximum absolute atomic E-state index is 12.3. The Hall–Kier alpha value is -0.890. The molecule has 2 aromatic rings. The van der Waals surface area contributed by atoms with Crippen LogP contribution < -0.4 is 4.74 Å². The molecule has 0 aliphatic rings. The van der Waals surface area contributed by atoms with E-state index in [1.807, 2.05) is 30.3 Å². The normalized spacial score (nSPS) is 11.8.